The van der Waals surface area contributed by atoms with Crippen LogP contribution in [0.4, 0.5) is 0 Å². The first kappa shape index (κ1) is 18.9. The van der Waals surface area contributed by atoms with Gasteiger partial charge in [-0.2, -0.15) is 4.98 Å². The molecule has 0 fully saturated rings. The Balaban J connectivity index is 1.71. The molecule has 4 aromatic rings. The van der Waals surface area contributed by atoms with Crippen LogP contribution < -0.4 is 5.56 Å². The summed E-state index contributed by atoms with van der Waals surface area (Å²) in [5.74, 6) is 1.28. The topological polar surface area (TPSA) is 73.8 Å². The van der Waals surface area contributed by atoms with E-state index in [-0.39, 0.29) is 10.8 Å². The van der Waals surface area contributed by atoms with Gasteiger partial charge < -0.3 is 4.52 Å². The van der Waals surface area contributed by atoms with Crippen LogP contribution in [-0.4, -0.2) is 19.7 Å². The minimum absolute atomic E-state index is 0.0601. The molecule has 0 aliphatic rings. The van der Waals surface area contributed by atoms with Gasteiger partial charge in [0, 0.05) is 6.42 Å². The summed E-state index contributed by atoms with van der Waals surface area (Å²) in [6.07, 6.45) is 2.93. The Morgan fingerprint density at radius 2 is 2.04 bits per heavy atom. The number of thioether (sulfide) groups is 1. The lowest BCUT2D eigenvalue weighted by Crippen LogP contribution is -2.21. The summed E-state index contributed by atoms with van der Waals surface area (Å²) >= 11 is 2.86. The van der Waals surface area contributed by atoms with Gasteiger partial charge in [-0.05, 0) is 36.9 Å². The van der Waals surface area contributed by atoms with E-state index in [2.05, 4.69) is 17.1 Å². The minimum atomic E-state index is -0.124. The normalized spacial score (nSPS) is 12.5. The van der Waals surface area contributed by atoms with Gasteiger partial charge in [0.1, 0.15) is 4.70 Å². The van der Waals surface area contributed by atoms with Crippen molar-refractivity contribution in [1.29, 1.82) is 0 Å². The Hall–Kier alpha value is -2.45. The van der Waals surface area contributed by atoms with Crippen LogP contribution in [0.3, 0.4) is 0 Å². The van der Waals surface area contributed by atoms with Gasteiger partial charge in [0.15, 0.2) is 11.0 Å². The second kappa shape index (κ2) is 8.28. The zero-order valence-corrected chi connectivity index (χ0v) is 17.3. The molecule has 0 saturated carbocycles. The molecule has 4 rings (SSSR count). The largest absolute Gasteiger partial charge is 0.338 e. The van der Waals surface area contributed by atoms with Gasteiger partial charge in [0.25, 0.3) is 5.56 Å². The Kier molecular flexibility index (Phi) is 5.59. The quantitative estimate of drug-likeness (QED) is 0.313. The number of unbranched alkanes of at least 4 members (excludes halogenated alkanes) is 1. The van der Waals surface area contributed by atoms with Crippen molar-refractivity contribution in [2.45, 2.75) is 43.5 Å². The number of aryl methyl sites for hydroxylation is 1. The third-order valence-electron chi connectivity index (χ3n) is 4.33. The molecule has 0 spiro atoms. The lowest BCUT2D eigenvalue weighted by molar-refractivity contribution is 0.374. The molecule has 6 nitrogen and oxygen atoms in total. The second-order valence-electron chi connectivity index (χ2n) is 6.42. The predicted molar refractivity (Wildman–Crippen MR) is 112 cm³/mol. The highest BCUT2D eigenvalue weighted by molar-refractivity contribution is 7.99. The summed E-state index contributed by atoms with van der Waals surface area (Å²) in [4.78, 5) is 22.4. The van der Waals surface area contributed by atoms with Crippen molar-refractivity contribution in [2.24, 2.45) is 0 Å². The maximum Gasteiger partial charge on any atom is 0.276 e. The van der Waals surface area contributed by atoms with Gasteiger partial charge in [-0.25, -0.2) is 4.98 Å². The number of benzene rings is 1. The smallest absolute Gasteiger partial charge is 0.276 e. The maximum absolute atomic E-state index is 13.1. The van der Waals surface area contributed by atoms with Gasteiger partial charge >= 0.3 is 0 Å². The number of thiophene rings is 1. The number of rotatable bonds is 7. The first-order chi connectivity index (χ1) is 13.7. The molecule has 144 valence electrons. The molecule has 28 heavy (non-hydrogen) atoms. The molecule has 0 bridgehead atoms. The third-order valence-corrected chi connectivity index (χ3v) is 6.26. The Morgan fingerprint density at radius 3 is 2.82 bits per heavy atom. The third kappa shape index (κ3) is 3.74. The fourth-order valence-electron chi connectivity index (χ4n) is 2.85. The fraction of sp³-hybridized carbons (Fsp3) is 0.300. The summed E-state index contributed by atoms with van der Waals surface area (Å²) in [5.41, 5.74) is 1.44. The zero-order chi connectivity index (χ0) is 19.5. The molecular weight excluding hydrogens is 392 g/mol. The highest BCUT2D eigenvalue weighted by Crippen LogP contribution is 2.34. The molecule has 0 aliphatic heterocycles. The van der Waals surface area contributed by atoms with Crippen LogP contribution in [0.25, 0.3) is 15.9 Å². The van der Waals surface area contributed by atoms with Gasteiger partial charge in [-0.1, -0.05) is 48.5 Å². The molecule has 0 aliphatic carbocycles. The van der Waals surface area contributed by atoms with Crippen LogP contribution in [-0.2, 0) is 6.42 Å². The molecule has 0 amide bonds. The second-order valence-corrected chi connectivity index (χ2v) is 8.64. The van der Waals surface area contributed by atoms with Gasteiger partial charge in [-0.3, -0.25) is 9.36 Å². The number of nitrogens with zero attached hydrogens (tertiary/aromatic N) is 4. The van der Waals surface area contributed by atoms with Crippen LogP contribution in [0.5, 0.6) is 0 Å². The average molecular weight is 413 g/mol. The highest BCUT2D eigenvalue weighted by atomic mass is 32.2. The van der Waals surface area contributed by atoms with E-state index in [0.29, 0.717) is 21.3 Å². The minimum Gasteiger partial charge on any atom is -0.338 e. The number of hydrogen-bond acceptors (Lipinski definition) is 7. The predicted octanol–water partition coefficient (Wildman–Crippen LogP) is 5.03. The SMILES string of the molecule is CCCCc1noc(C(C)Sc2nc3ccsc3c(=O)n2-c2ccccc2)n1. The molecule has 0 radical (unpaired) electrons. The standard InChI is InChI=1S/C20H20N4O2S2/c1-3-4-10-16-22-18(26-23-16)13(2)28-20-21-15-11-12-27-17(15)19(25)24(20)14-8-6-5-7-9-14/h5-9,11-13H,3-4,10H2,1-2H3. The summed E-state index contributed by atoms with van der Waals surface area (Å²) in [5, 5.41) is 6.45. The summed E-state index contributed by atoms with van der Waals surface area (Å²) < 4.78 is 7.76. The van der Waals surface area contributed by atoms with E-state index in [1.54, 1.807) is 4.57 Å². The molecule has 3 aromatic heterocycles. The molecule has 0 saturated heterocycles. The van der Waals surface area contributed by atoms with Crippen LogP contribution in [0.15, 0.2) is 56.3 Å². The first-order valence-electron chi connectivity index (χ1n) is 9.22. The van der Waals surface area contributed by atoms with Crippen molar-refractivity contribution < 1.29 is 4.52 Å². The van der Waals surface area contributed by atoms with Gasteiger partial charge in [0.2, 0.25) is 5.89 Å². The highest BCUT2D eigenvalue weighted by Gasteiger charge is 2.21. The van der Waals surface area contributed by atoms with Crippen molar-refractivity contribution >= 4 is 33.3 Å². The monoisotopic (exact) mass is 412 g/mol. The average Bonchev–Trinajstić information content (AvgIpc) is 3.37. The number of fused-ring (bicyclic) bond motifs is 1. The van der Waals surface area contributed by atoms with Crippen molar-refractivity contribution in [3.63, 3.8) is 0 Å². The first-order valence-corrected chi connectivity index (χ1v) is 11.0. The lowest BCUT2D eigenvalue weighted by atomic mass is 10.2. The van der Waals surface area contributed by atoms with E-state index in [0.717, 1.165) is 30.8 Å². The van der Waals surface area contributed by atoms with E-state index in [4.69, 9.17) is 9.51 Å². The lowest BCUT2D eigenvalue weighted by Gasteiger charge is -2.13. The number of aromatic nitrogens is 4. The zero-order valence-electron chi connectivity index (χ0n) is 15.7. The van der Waals surface area contributed by atoms with E-state index in [1.807, 2.05) is 48.7 Å². The van der Waals surface area contributed by atoms with Crippen LogP contribution in [0.2, 0.25) is 0 Å². The van der Waals surface area contributed by atoms with Crippen molar-refractivity contribution in [1.82, 2.24) is 19.7 Å². The van der Waals surface area contributed by atoms with Crippen LogP contribution >= 0.6 is 23.1 Å². The van der Waals surface area contributed by atoms with Crippen LogP contribution in [0.1, 0.15) is 43.7 Å². The van der Waals surface area contributed by atoms with Crippen molar-refractivity contribution in [3.8, 4) is 5.69 Å². The molecule has 8 heteroatoms. The van der Waals surface area contributed by atoms with E-state index in [9.17, 15) is 4.79 Å². The van der Waals surface area contributed by atoms with Crippen LogP contribution in [0, 0.1) is 0 Å². The number of para-hydroxylation sites is 1. The maximum atomic E-state index is 13.1. The van der Waals surface area contributed by atoms with E-state index >= 15 is 0 Å². The summed E-state index contributed by atoms with van der Waals surface area (Å²) in [6.45, 7) is 4.12. The molecule has 3 heterocycles. The summed E-state index contributed by atoms with van der Waals surface area (Å²) in [7, 11) is 0. The fourth-order valence-corrected chi connectivity index (χ4v) is 4.57. The van der Waals surface area contributed by atoms with Gasteiger partial charge in [-0.15, -0.1) is 11.3 Å². The molecule has 1 unspecified atom stereocenters. The summed E-state index contributed by atoms with van der Waals surface area (Å²) in [6, 6.07) is 11.4. The Labute approximate surface area is 170 Å². The molecule has 0 N–H and O–H groups in total. The van der Waals surface area contributed by atoms with E-state index < -0.39 is 0 Å². The van der Waals surface area contributed by atoms with Crippen molar-refractivity contribution in [2.75, 3.05) is 0 Å². The Bertz CT molecular complexity index is 1130. The molecular formula is C20H20N4O2S2. The van der Waals surface area contributed by atoms with Crippen molar-refractivity contribution in [3.05, 3.63) is 63.8 Å². The van der Waals surface area contributed by atoms with E-state index in [1.165, 1.54) is 23.1 Å². The Morgan fingerprint density at radius 1 is 1.21 bits per heavy atom. The molecule has 1 aromatic carbocycles. The molecule has 1 atom stereocenters. The number of hydrogen-bond donors (Lipinski definition) is 0. The van der Waals surface area contributed by atoms with Gasteiger partial charge in [0.05, 0.1) is 16.5 Å².